The number of benzene rings is 1. The molecule has 0 atom stereocenters. The number of carboxylic acids is 1. The van der Waals surface area contributed by atoms with Crippen molar-refractivity contribution >= 4 is 51.8 Å². The first-order valence-electron chi connectivity index (χ1n) is 4.23. The highest BCUT2D eigenvalue weighted by Gasteiger charge is 2.38. The molecule has 0 radical (unpaired) electrons. The van der Waals surface area contributed by atoms with Crippen LogP contribution < -0.4 is 5.32 Å². The number of hydrogen-bond donors (Lipinski definition) is 2. The van der Waals surface area contributed by atoms with E-state index in [9.17, 15) is 22.8 Å². The molecule has 98 valence electrons. The van der Waals surface area contributed by atoms with E-state index in [4.69, 9.17) is 16.7 Å². The molecule has 0 aliphatic rings. The van der Waals surface area contributed by atoms with Crippen LogP contribution in [-0.2, 0) is 4.79 Å². The maximum Gasteiger partial charge on any atom is 0.471 e. The fourth-order valence-electron chi connectivity index (χ4n) is 1.02. The van der Waals surface area contributed by atoms with Gasteiger partial charge in [-0.2, -0.15) is 13.2 Å². The number of hydrogen-bond acceptors (Lipinski definition) is 2. The van der Waals surface area contributed by atoms with Gasteiger partial charge in [-0.3, -0.25) is 4.79 Å². The lowest BCUT2D eigenvalue weighted by atomic mass is 10.2. The zero-order chi connectivity index (χ0) is 14.1. The smallest absolute Gasteiger partial charge is 0.471 e. The Morgan fingerprint density at radius 3 is 2.33 bits per heavy atom. The number of alkyl halides is 3. The van der Waals surface area contributed by atoms with Crippen molar-refractivity contribution < 1.29 is 27.9 Å². The summed E-state index contributed by atoms with van der Waals surface area (Å²) in [6.45, 7) is 0. The topological polar surface area (TPSA) is 66.4 Å². The summed E-state index contributed by atoms with van der Waals surface area (Å²) in [5.41, 5.74) is -0.676. The van der Waals surface area contributed by atoms with Crippen molar-refractivity contribution in [2.24, 2.45) is 0 Å². The fourth-order valence-corrected chi connectivity index (χ4v) is 1.83. The number of carboxylic acid groups (broad SMARTS) is 1. The molecule has 18 heavy (non-hydrogen) atoms. The van der Waals surface area contributed by atoms with Crippen LogP contribution in [0.4, 0.5) is 18.9 Å². The summed E-state index contributed by atoms with van der Waals surface area (Å²) < 4.78 is 36.3. The number of rotatable bonds is 2. The van der Waals surface area contributed by atoms with E-state index in [-0.39, 0.29) is 19.8 Å². The summed E-state index contributed by atoms with van der Waals surface area (Å²) in [5, 5.41) is 10.2. The first-order chi connectivity index (χ1) is 8.12. The van der Waals surface area contributed by atoms with Crippen molar-refractivity contribution in [3.63, 3.8) is 0 Å². The Morgan fingerprint density at radius 1 is 1.33 bits per heavy atom. The van der Waals surface area contributed by atoms with Crippen LogP contribution >= 0.6 is 34.2 Å². The minimum atomic E-state index is -5.05. The highest BCUT2D eigenvalue weighted by atomic mass is 127. The van der Waals surface area contributed by atoms with Gasteiger partial charge in [-0.25, -0.2) is 4.79 Å². The summed E-state index contributed by atoms with van der Waals surface area (Å²) in [5.74, 6) is -3.59. The van der Waals surface area contributed by atoms with E-state index >= 15 is 0 Å². The molecule has 0 fully saturated rings. The van der Waals surface area contributed by atoms with Crippen LogP contribution in [-0.4, -0.2) is 23.2 Å². The third-order valence-corrected chi connectivity index (χ3v) is 3.35. The third-order valence-electron chi connectivity index (χ3n) is 1.77. The van der Waals surface area contributed by atoms with Crippen LogP contribution in [0.2, 0.25) is 5.02 Å². The van der Waals surface area contributed by atoms with Gasteiger partial charge in [-0.05, 0) is 34.7 Å². The second kappa shape index (κ2) is 5.31. The summed E-state index contributed by atoms with van der Waals surface area (Å²) in [6.07, 6.45) is -5.05. The lowest BCUT2D eigenvalue weighted by Crippen LogP contribution is -2.30. The summed E-state index contributed by atoms with van der Waals surface area (Å²) in [7, 11) is 0. The molecular weight excluding hydrogens is 389 g/mol. The Morgan fingerprint density at radius 2 is 1.89 bits per heavy atom. The Bertz CT molecular complexity index is 519. The molecule has 0 spiro atoms. The molecule has 9 heteroatoms. The number of amides is 1. The number of carbonyl (C=O) groups excluding carboxylic acids is 1. The normalized spacial score (nSPS) is 11.2. The molecule has 1 aromatic carbocycles. The number of carbonyl (C=O) groups is 2. The van der Waals surface area contributed by atoms with E-state index in [0.717, 1.165) is 12.1 Å². The van der Waals surface area contributed by atoms with Gasteiger partial charge in [0.25, 0.3) is 0 Å². The van der Waals surface area contributed by atoms with Crippen molar-refractivity contribution in [3.8, 4) is 0 Å². The average molecular weight is 393 g/mol. The van der Waals surface area contributed by atoms with Gasteiger partial charge in [0.05, 0.1) is 10.6 Å². The maximum absolute atomic E-state index is 12.0. The van der Waals surface area contributed by atoms with Gasteiger partial charge in [-0.15, -0.1) is 0 Å². The van der Waals surface area contributed by atoms with E-state index in [1.54, 1.807) is 27.9 Å². The summed E-state index contributed by atoms with van der Waals surface area (Å²) >= 11 is 7.31. The van der Waals surface area contributed by atoms with Gasteiger partial charge in [0.15, 0.2) is 0 Å². The number of anilines is 1. The second-order valence-electron chi connectivity index (χ2n) is 3.08. The van der Waals surface area contributed by atoms with Crippen molar-refractivity contribution in [3.05, 3.63) is 26.3 Å². The van der Waals surface area contributed by atoms with Gasteiger partial charge in [0.2, 0.25) is 0 Å². The van der Waals surface area contributed by atoms with E-state index in [2.05, 4.69) is 0 Å². The predicted molar refractivity (Wildman–Crippen MR) is 65.8 cm³/mol. The molecule has 1 rings (SSSR count). The Kier molecular flexibility index (Phi) is 4.43. The van der Waals surface area contributed by atoms with E-state index < -0.39 is 18.1 Å². The van der Waals surface area contributed by atoms with Crippen LogP contribution in [0.3, 0.4) is 0 Å². The average Bonchev–Trinajstić information content (AvgIpc) is 2.21. The fraction of sp³-hybridized carbons (Fsp3) is 0.111. The molecule has 2 N–H and O–H groups in total. The third kappa shape index (κ3) is 3.48. The van der Waals surface area contributed by atoms with Gasteiger partial charge in [0, 0.05) is 9.26 Å². The molecule has 0 saturated carbocycles. The lowest BCUT2D eigenvalue weighted by Gasteiger charge is -2.10. The van der Waals surface area contributed by atoms with Crippen LogP contribution in [0.1, 0.15) is 10.4 Å². The van der Waals surface area contributed by atoms with E-state index in [1.807, 2.05) is 0 Å². The predicted octanol–water partition coefficient (Wildman–Crippen LogP) is 3.14. The highest BCUT2D eigenvalue weighted by Crippen LogP contribution is 2.28. The second-order valence-corrected chi connectivity index (χ2v) is 4.62. The highest BCUT2D eigenvalue weighted by molar-refractivity contribution is 14.1. The van der Waals surface area contributed by atoms with Crippen LogP contribution in [0.15, 0.2) is 12.1 Å². The molecule has 0 bridgehead atoms. The SMILES string of the molecule is O=C(O)c1cc(NC(=O)C(F)(F)F)cc(I)c1Cl. The van der Waals surface area contributed by atoms with Crippen LogP contribution in [0, 0.1) is 3.57 Å². The summed E-state index contributed by atoms with van der Waals surface area (Å²) in [4.78, 5) is 21.5. The zero-order valence-electron chi connectivity index (χ0n) is 8.31. The Balaban J connectivity index is 3.13. The molecule has 1 amide bonds. The molecule has 0 aliphatic heterocycles. The Hall–Kier alpha value is -1.03. The monoisotopic (exact) mass is 393 g/mol. The molecule has 0 aromatic heterocycles. The number of aromatic carboxylic acids is 1. The maximum atomic E-state index is 12.0. The largest absolute Gasteiger partial charge is 0.478 e. The van der Waals surface area contributed by atoms with Gasteiger partial charge < -0.3 is 10.4 Å². The lowest BCUT2D eigenvalue weighted by molar-refractivity contribution is -0.167. The van der Waals surface area contributed by atoms with Crippen molar-refractivity contribution in [1.82, 2.24) is 0 Å². The standard InChI is InChI=1S/C9H4ClF3INO3/c10-6-4(7(16)17)1-3(2-5(6)14)15-8(18)9(11,12)13/h1-2H,(H,15,18)(H,16,17). The van der Waals surface area contributed by atoms with Crippen molar-refractivity contribution in [2.45, 2.75) is 6.18 Å². The molecule has 0 aliphatic carbocycles. The summed E-state index contributed by atoms with van der Waals surface area (Å²) in [6, 6.07) is 2.00. The van der Waals surface area contributed by atoms with E-state index in [0.29, 0.717) is 0 Å². The Labute approximate surface area is 117 Å². The number of nitrogens with one attached hydrogen (secondary N) is 1. The number of halogens is 5. The molecule has 0 unspecified atom stereocenters. The molecule has 0 heterocycles. The van der Waals surface area contributed by atoms with Crippen molar-refractivity contribution in [1.29, 1.82) is 0 Å². The van der Waals surface area contributed by atoms with Crippen LogP contribution in [0.25, 0.3) is 0 Å². The van der Waals surface area contributed by atoms with E-state index in [1.165, 1.54) is 0 Å². The first kappa shape index (κ1) is 15.0. The quantitative estimate of drug-likeness (QED) is 0.759. The van der Waals surface area contributed by atoms with Gasteiger partial charge in [-0.1, -0.05) is 11.6 Å². The van der Waals surface area contributed by atoms with Gasteiger partial charge >= 0.3 is 18.1 Å². The van der Waals surface area contributed by atoms with Gasteiger partial charge in [0.1, 0.15) is 0 Å². The molecular formula is C9H4ClF3INO3. The van der Waals surface area contributed by atoms with Crippen LogP contribution in [0.5, 0.6) is 0 Å². The zero-order valence-corrected chi connectivity index (χ0v) is 11.2. The molecule has 1 aromatic rings. The minimum absolute atomic E-state index is 0.104. The first-order valence-corrected chi connectivity index (χ1v) is 5.69. The molecule has 0 saturated heterocycles. The molecule has 4 nitrogen and oxygen atoms in total. The minimum Gasteiger partial charge on any atom is -0.478 e. The van der Waals surface area contributed by atoms with Crippen molar-refractivity contribution in [2.75, 3.05) is 5.32 Å².